The maximum absolute atomic E-state index is 9.63. The Morgan fingerprint density at radius 1 is 0.500 bits per heavy atom. The third-order valence-electron chi connectivity index (χ3n) is 4.08. The Kier molecular flexibility index (Phi) is 13.8. The van der Waals surface area contributed by atoms with Gasteiger partial charge in [0, 0.05) is 12.8 Å². The minimum absolute atomic E-state index is 0.505. The highest BCUT2D eigenvalue weighted by molar-refractivity contribution is 4.63. The van der Waals surface area contributed by atoms with Gasteiger partial charge in [-0.25, -0.2) is 0 Å². The first-order valence-corrected chi connectivity index (χ1v) is 9.07. The molecule has 0 aromatic heterocycles. The zero-order valence-corrected chi connectivity index (χ0v) is 14.0. The first-order valence-electron chi connectivity index (χ1n) is 9.07. The molecule has 0 saturated heterocycles. The molecule has 0 aromatic rings. The van der Waals surface area contributed by atoms with E-state index in [9.17, 15) is 10.2 Å². The van der Waals surface area contributed by atoms with Crippen molar-refractivity contribution in [3.8, 4) is 0 Å². The Balaban J connectivity index is 3.13. The van der Waals surface area contributed by atoms with Gasteiger partial charge < -0.3 is 10.2 Å². The fourth-order valence-electron chi connectivity index (χ4n) is 2.77. The SMILES string of the molecule is CCCCCCCCCCCCCCC(O)(O)CCC. The van der Waals surface area contributed by atoms with E-state index in [0.717, 1.165) is 19.3 Å². The van der Waals surface area contributed by atoms with Crippen LogP contribution in [0.4, 0.5) is 0 Å². The van der Waals surface area contributed by atoms with Crippen LogP contribution in [0.15, 0.2) is 0 Å². The van der Waals surface area contributed by atoms with Crippen molar-refractivity contribution in [1.82, 2.24) is 0 Å². The summed E-state index contributed by atoms with van der Waals surface area (Å²) in [6, 6.07) is 0. The van der Waals surface area contributed by atoms with Gasteiger partial charge in [-0.2, -0.15) is 0 Å². The maximum atomic E-state index is 9.63. The zero-order chi connectivity index (χ0) is 15.1. The van der Waals surface area contributed by atoms with Crippen LogP contribution in [0.5, 0.6) is 0 Å². The van der Waals surface area contributed by atoms with Crippen molar-refractivity contribution in [3.05, 3.63) is 0 Å². The third kappa shape index (κ3) is 14.3. The lowest BCUT2D eigenvalue weighted by Gasteiger charge is -2.20. The van der Waals surface area contributed by atoms with Crippen LogP contribution < -0.4 is 0 Å². The van der Waals surface area contributed by atoms with Crippen molar-refractivity contribution in [3.63, 3.8) is 0 Å². The highest BCUT2D eigenvalue weighted by Gasteiger charge is 2.20. The van der Waals surface area contributed by atoms with Crippen LogP contribution in [-0.2, 0) is 0 Å². The van der Waals surface area contributed by atoms with Crippen molar-refractivity contribution in [2.45, 2.75) is 116 Å². The summed E-state index contributed by atoms with van der Waals surface area (Å²) in [5, 5.41) is 19.3. The maximum Gasteiger partial charge on any atom is 0.162 e. The second-order valence-corrected chi connectivity index (χ2v) is 6.37. The third-order valence-corrected chi connectivity index (χ3v) is 4.08. The molecule has 0 rings (SSSR count). The molecule has 0 atom stereocenters. The molecule has 0 radical (unpaired) electrons. The minimum Gasteiger partial charge on any atom is -0.366 e. The lowest BCUT2D eigenvalue weighted by Crippen LogP contribution is -2.27. The fraction of sp³-hybridized carbons (Fsp3) is 1.00. The summed E-state index contributed by atoms with van der Waals surface area (Å²) in [6.07, 6.45) is 17.6. The van der Waals surface area contributed by atoms with E-state index in [1.165, 1.54) is 64.2 Å². The van der Waals surface area contributed by atoms with Gasteiger partial charge in [-0.1, -0.05) is 90.9 Å². The Morgan fingerprint density at radius 2 is 0.900 bits per heavy atom. The molecule has 122 valence electrons. The average molecular weight is 286 g/mol. The van der Waals surface area contributed by atoms with E-state index in [-0.39, 0.29) is 0 Å². The summed E-state index contributed by atoms with van der Waals surface area (Å²) in [5.41, 5.74) is 0. The number of rotatable bonds is 15. The topological polar surface area (TPSA) is 40.5 Å². The molecule has 0 aliphatic carbocycles. The summed E-state index contributed by atoms with van der Waals surface area (Å²) in [5.74, 6) is -1.41. The predicted octanol–water partition coefficient (Wildman–Crippen LogP) is 5.56. The van der Waals surface area contributed by atoms with Gasteiger partial charge in [0.25, 0.3) is 0 Å². The normalized spacial score (nSPS) is 12.0. The van der Waals surface area contributed by atoms with Crippen molar-refractivity contribution < 1.29 is 10.2 Å². The van der Waals surface area contributed by atoms with E-state index in [4.69, 9.17) is 0 Å². The first-order chi connectivity index (χ1) is 9.62. The largest absolute Gasteiger partial charge is 0.366 e. The second kappa shape index (κ2) is 13.9. The van der Waals surface area contributed by atoms with Crippen LogP contribution >= 0.6 is 0 Å². The monoisotopic (exact) mass is 286 g/mol. The van der Waals surface area contributed by atoms with Gasteiger partial charge in [0.05, 0.1) is 0 Å². The van der Waals surface area contributed by atoms with E-state index in [2.05, 4.69) is 6.92 Å². The highest BCUT2D eigenvalue weighted by Crippen LogP contribution is 2.18. The van der Waals surface area contributed by atoms with Crippen LogP contribution in [0.1, 0.15) is 110 Å². The molecular formula is C18H38O2. The van der Waals surface area contributed by atoms with Gasteiger partial charge in [-0.15, -0.1) is 0 Å². The van der Waals surface area contributed by atoms with Gasteiger partial charge >= 0.3 is 0 Å². The standard InChI is InChI=1S/C18H38O2/c1-3-5-6-7-8-9-10-11-12-13-14-15-17-18(19,20)16-4-2/h19-20H,3-17H2,1-2H3. The van der Waals surface area contributed by atoms with E-state index in [1.807, 2.05) is 6.92 Å². The minimum atomic E-state index is -1.41. The average Bonchev–Trinajstić information content (AvgIpc) is 2.40. The molecule has 0 bridgehead atoms. The molecule has 2 N–H and O–H groups in total. The van der Waals surface area contributed by atoms with Crippen LogP contribution in [0.3, 0.4) is 0 Å². The molecule has 2 nitrogen and oxygen atoms in total. The molecule has 0 unspecified atom stereocenters. The summed E-state index contributed by atoms with van der Waals surface area (Å²) in [4.78, 5) is 0. The van der Waals surface area contributed by atoms with Crippen molar-refractivity contribution >= 4 is 0 Å². The van der Waals surface area contributed by atoms with E-state index >= 15 is 0 Å². The number of hydrogen-bond donors (Lipinski definition) is 2. The quantitative estimate of drug-likeness (QED) is 0.306. The molecule has 0 aliphatic rings. The smallest absolute Gasteiger partial charge is 0.162 e. The van der Waals surface area contributed by atoms with E-state index in [1.54, 1.807) is 0 Å². The van der Waals surface area contributed by atoms with Gasteiger partial charge in [0.1, 0.15) is 0 Å². The Bertz CT molecular complexity index is 190. The lowest BCUT2D eigenvalue weighted by atomic mass is 10.0. The van der Waals surface area contributed by atoms with Gasteiger partial charge in [0.2, 0.25) is 0 Å². The van der Waals surface area contributed by atoms with Crippen LogP contribution in [0, 0.1) is 0 Å². The first kappa shape index (κ1) is 19.9. The number of unbranched alkanes of at least 4 members (excludes halogenated alkanes) is 11. The number of aliphatic hydroxyl groups is 2. The van der Waals surface area contributed by atoms with Gasteiger partial charge in [-0.3, -0.25) is 0 Å². The van der Waals surface area contributed by atoms with Crippen LogP contribution in [-0.4, -0.2) is 16.0 Å². The molecule has 0 saturated carbocycles. The molecule has 0 fully saturated rings. The van der Waals surface area contributed by atoms with Crippen molar-refractivity contribution in [2.24, 2.45) is 0 Å². The number of hydrogen-bond acceptors (Lipinski definition) is 2. The molecule has 0 spiro atoms. The van der Waals surface area contributed by atoms with E-state index in [0.29, 0.717) is 12.8 Å². The Hall–Kier alpha value is -0.0800. The molecular weight excluding hydrogens is 248 g/mol. The van der Waals surface area contributed by atoms with Crippen molar-refractivity contribution in [1.29, 1.82) is 0 Å². The summed E-state index contributed by atoms with van der Waals surface area (Å²) in [7, 11) is 0. The molecule has 20 heavy (non-hydrogen) atoms. The van der Waals surface area contributed by atoms with Crippen LogP contribution in [0.25, 0.3) is 0 Å². The second-order valence-electron chi connectivity index (χ2n) is 6.37. The molecule has 0 aromatic carbocycles. The predicted molar refractivity (Wildman–Crippen MR) is 87.8 cm³/mol. The molecule has 2 heteroatoms. The Morgan fingerprint density at radius 3 is 1.30 bits per heavy atom. The van der Waals surface area contributed by atoms with Crippen molar-refractivity contribution in [2.75, 3.05) is 0 Å². The highest BCUT2D eigenvalue weighted by atomic mass is 16.5. The molecule has 0 aliphatic heterocycles. The molecule has 0 amide bonds. The van der Waals surface area contributed by atoms with Gasteiger partial charge in [-0.05, 0) is 6.42 Å². The van der Waals surface area contributed by atoms with E-state index < -0.39 is 5.79 Å². The summed E-state index contributed by atoms with van der Waals surface area (Å²) in [6.45, 7) is 4.25. The van der Waals surface area contributed by atoms with Gasteiger partial charge in [0.15, 0.2) is 5.79 Å². The fourth-order valence-corrected chi connectivity index (χ4v) is 2.77. The zero-order valence-electron chi connectivity index (χ0n) is 14.0. The molecule has 0 heterocycles. The summed E-state index contributed by atoms with van der Waals surface area (Å²) >= 11 is 0. The summed E-state index contributed by atoms with van der Waals surface area (Å²) < 4.78 is 0. The van der Waals surface area contributed by atoms with Crippen LogP contribution in [0.2, 0.25) is 0 Å². The lowest BCUT2D eigenvalue weighted by molar-refractivity contribution is -0.171. The Labute approximate surface area is 127 Å².